The monoisotopic (exact) mass is 388 g/mol. The molecule has 0 aliphatic carbocycles. The third-order valence-corrected chi connectivity index (χ3v) is 5.03. The van der Waals surface area contributed by atoms with Crippen molar-refractivity contribution in [3.05, 3.63) is 35.9 Å². The number of amides is 1. The van der Waals surface area contributed by atoms with E-state index in [-0.39, 0.29) is 18.1 Å². The Hall–Kier alpha value is -2.12. The number of carbonyl (C=O) groups excluding carboxylic acids is 1. The Labute approximate surface area is 167 Å². The molecule has 1 amide bonds. The highest BCUT2D eigenvalue weighted by molar-refractivity contribution is 5.94. The van der Waals surface area contributed by atoms with E-state index in [9.17, 15) is 4.79 Å². The zero-order valence-electron chi connectivity index (χ0n) is 16.7. The maximum absolute atomic E-state index is 12.1. The van der Waals surface area contributed by atoms with Crippen molar-refractivity contribution in [3.63, 3.8) is 0 Å². The normalized spacial score (nSPS) is 22.9. The summed E-state index contributed by atoms with van der Waals surface area (Å²) in [6, 6.07) is 9.28. The molecule has 2 atom stereocenters. The molecular weight excluding hydrogens is 356 g/mol. The van der Waals surface area contributed by atoms with Crippen LogP contribution in [-0.2, 0) is 9.47 Å². The summed E-state index contributed by atoms with van der Waals surface area (Å²) in [6.45, 7) is 7.35. The van der Waals surface area contributed by atoms with Crippen molar-refractivity contribution in [1.82, 2.24) is 15.5 Å². The minimum absolute atomic E-state index is 0.0379. The summed E-state index contributed by atoms with van der Waals surface area (Å²) in [7, 11) is 0. The van der Waals surface area contributed by atoms with Gasteiger partial charge in [0.05, 0.1) is 12.7 Å². The number of rotatable bonds is 7. The minimum atomic E-state index is -0.0379. The number of carbonyl (C=O) groups is 1. The van der Waals surface area contributed by atoms with Crippen LogP contribution in [0.2, 0.25) is 0 Å². The van der Waals surface area contributed by atoms with E-state index in [1.807, 2.05) is 30.3 Å². The smallest absolute Gasteiger partial charge is 0.251 e. The Kier molecular flexibility index (Phi) is 8.11. The Morgan fingerprint density at radius 3 is 2.75 bits per heavy atom. The number of hydrogen-bond donors (Lipinski definition) is 2. The lowest BCUT2D eigenvalue weighted by Crippen LogP contribution is -2.53. The van der Waals surface area contributed by atoms with Gasteiger partial charge in [0.25, 0.3) is 5.91 Å². The molecule has 154 valence electrons. The number of nitrogens with one attached hydrogen (secondary N) is 2. The summed E-state index contributed by atoms with van der Waals surface area (Å²) in [6.07, 6.45) is 3.32. The van der Waals surface area contributed by atoms with Crippen LogP contribution in [0.4, 0.5) is 0 Å². The third kappa shape index (κ3) is 5.94. The quantitative estimate of drug-likeness (QED) is 0.422. The fourth-order valence-electron chi connectivity index (χ4n) is 3.57. The first-order valence-electron chi connectivity index (χ1n) is 10.4. The van der Waals surface area contributed by atoms with Gasteiger partial charge >= 0.3 is 0 Å². The fourth-order valence-corrected chi connectivity index (χ4v) is 3.57. The molecule has 0 bridgehead atoms. The standard InChI is InChI=1S/C21H32N4O3/c1-2-22-21(25-13-15-28-19(16-25)18-10-6-14-27-18)24-12-7-11-23-20(26)17-8-4-3-5-9-17/h3-5,8-9,18-19H,2,6-7,10-16H2,1H3,(H,22,24)(H,23,26). The largest absolute Gasteiger partial charge is 0.375 e. The predicted molar refractivity (Wildman–Crippen MR) is 110 cm³/mol. The van der Waals surface area contributed by atoms with E-state index in [0.717, 1.165) is 51.5 Å². The zero-order valence-corrected chi connectivity index (χ0v) is 16.7. The summed E-state index contributed by atoms with van der Waals surface area (Å²) in [5.74, 6) is 0.882. The molecule has 7 heteroatoms. The molecular formula is C21H32N4O3. The second-order valence-electron chi connectivity index (χ2n) is 7.12. The van der Waals surface area contributed by atoms with Crippen LogP contribution in [0.3, 0.4) is 0 Å². The third-order valence-electron chi connectivity index (χ3n) is 5.03. The molecule has 0 radical (unpaired) electrons. The molecule has 2 fully saturated rings. The highest BCUT2D eigenvalue weighted by Gasteiger charge is 2.32. The van der Waals surface area contributed by atoms with Gasteiger partial charge in [-0.1, -0.05) is 18.2 Å². The van der Waals surface area contributed by atoms with Gasteiger partial charge in [0.1, 0.15) is 6.10 Å². The van der Waals surface area contributed by atoms with Crippen molar-refractivity contribution in [1.29, 1.82) is 0 Å². The number of ether oxygens (including phenoxy) is 2. The molecule has 28 heavy (non-hydrogen) atoms. The van der Waals surface area contributed by atoms with E-state index in [1.165, 1.54) is 0 Å². The number of guanidine groups is 1. The Balaban J connectivity index is 1.45. The Bertz CT molecular complexity index is 632. The average Bonchev–Trinajstić information content (AvgIpc) is 3.28. The van der Waals surface area contributed by atoms with Gasteiger partial charge in [0.2, 0.25) is 0 Å². The van der Waals surface area contributed by atoms with E-state index >= 15 is 0 Å². The van der Waals surface area contributed by atoms with E-state index in [1.54, 1.807) is 0 Å². The lowest BCUT2D eigenvalue weighted by molar-refractivity contribution is -0.0817. The van der Waals surface area contributed by atoms with Crippen LogP contribution in [0.25, 0.3) is 0 Å². The van der Waals surface area contributed by atoms with E-state index in [2.05, 4.69) is 22.5 Å². The summed E-state index contributed by atoms with van der Waals surface area (Å²) in [5, 5.41) is 6.33. The maximum atomic E-state index is 12.1. The molecule has 0 aromatic heterocycles. The minimum Gasteiger partial charge on any atom is -0.375 e. The first-order valence-corrected chi connectivity index (χ1v) is 10.4. The van der Waals surface area contributed by atoms with Crippen LogP contribution >= 0.6 is 0 Å². The molecule has 2 heterocycles. The lowest BCUT2D eigenvalue weighted by Gasteiger charge is -2.37. The van der Waals surface area contributed by atoms with Crippen molar-refractivity contribution >= 4 is 11.9 Å². The van der Waals surface area contributed by atoms with E-state index in [0.29, 0.717) is 25.3 Å². The van der Waals surface area contributed by atoms with Gasteiger partial charge < -0.3 is 25.0 Å². The van der Waals surface area contributed by atoms with Crippen molar-refractivity contribution in [2.45, 2.75) is 38.4 Å². The fraction of sp³-hybridized carbons (Fsp3) is 0.619. The number of benzene rings is 1. The number of aliphatic imine (C=N–C) groups is 1. The van der Waals surface area contributed by atoms with Crippen molar-refractivity contribution in [3.8, 4) is 0 Å². The number of hydrogen-bond acceptors (Lipinski definition) is 4. The van der Waals surface area contributed by atoms with Crippen LogP contribution in [-0.4, -0.2) is 74.9 Å². The summed E-state index contributed by atoms with van der Waals surface area (Å²) < 4.78 is 11.7. The molecule has 1 aromatic rings. The molecule has 3 rings (SSSR count). The molecule has 0 spiro atoms. The first-order chi connectivity index (χ1) is 13.8. The second-order valence-corrected chi connectivity index (χ2v) is 7.12. The van der Waals surface area contributed by atoms with Crippen LogP contribution in [0.15, 0.2) is 35.3 Å². The van der Waals surface area contributed by atoms with Gasteiger partial charge in [-0.05, 0) is 38.3 Å². The first kappa shape index (κ1) is 20.6. The van der Waals surface area contributed by atoms with Gasteiger partial charge in [-0.2, -0.15) is 0 Å². The lowest BCUT2D eigenvalue weighted by atomic mass is 10.1. The SMILES string of the molecule is CCNC(=NCCCNC(=O)c1ccccc1)N1CCOC(C2CCCO2)C1. The number of morpholine rings is 1. The topological polar surface area (TPSA) is 75.2 Å². The maximum Gasteiger partial charge on any atom is 0.251 e. The Morgan fingerprint density at radius 1 is 1.18 bits per heavy atom. The van der Waals surface area contributed by atoms with Crippen LogP contribution in [0.5, 0.6) is 0 Å². The second kappa shape index (κ2) is 11.0. The molecule has 2 N–H and O–H groups in total. The molecule has 2 aliphatic rings. The molecule has 2 saturated heterocycles. The van der Waals surface area contributed by atoms with Gasteiger partial charge in [0, 0.05) is 44.9 Å². The van der Waals surface area contributed by atoms with Gasteiger partial charge in [-0.25, -0.2) is 0 Å². The van der Waals surface area contributed by atoms with Crippen molar-refractivity contribution in [2.24, 2.45) is 4.99 Å². The average molecular weight is 389 g/mol. The summed E-state index contributed by atoms with van der Waals surface area (Å²) >= 11 is 0. The van der Waals surface area contributed by atoms with E-state index in [4.69, 9.17) is 14.5 Å². The van der Waals surface area contributed by atoms with Crippen molar-refractivity contribution in [2.75, 3.05) is 45.9 Å². The molecule has 2 aliphatic heterocycles. The van der Waals surface area contributed by atoms with Gasteiger partial charge in [-0.15, -0.1) is 0 Å². The highest BCUT2D eigenvalue weighted by Crippen LogP contribution is 2.21. The van der Waals surface area contributed by atoms with Gasteiger partial charge in [0.15, 0.2) is 5.96 Å². The summed E-state index contributed by atoms with van der Waals surface area (Å²) in [5.41, 5.74) is 0.688. The molecule has 0 saturated carbocycles. The van der Waals surface area contributed by atoms with Crippen LogP contribution in [0.1, 0.15) is 36.5 Å². The van der Waals surface area contributed by atoms with Crippen molar-refractivity contribution < 1.29 is 14.3 Å². The number of nitrogens with zero attached hydrogens (tertiary/aromatic N) is 2. The van der Waals surface area contributed by atoms with Gasteiger partial charge in [-0.3, -0.25) is 9.79 Å². The zero-order chi connectivity index (χ0) is 19.6. The Morgan fingerprint density at radius 2 is 2.00 bits per heavy atom. The van der Waals surface area contributed by atoms with E-state index < -0.39 is 0 Å². The molecule has 7 nitrogen and oxygen atoms in total. The molecule has 2 unspecified atom stereocenters. The predicted octanol–water partition coefficient (Wildman–Crippen LogP) is 1.65. The molecule has 1 aromatic carbocycles. The highest BCUT2D eigenvalue weighted by atomic mass is 16.5. The summed E-state index contributed by atoms with van der Waals surface area (Å²) in [4.78, 5) is 19.1. The van der Waals surface area contributed by atoms with Crippen LogP contribution < -0.4 is 10.6 Å². The van der Waals surface area contributed by atoms with Crippen LogP contribution in [0, 0.1) is 0 Å².